The van der Waals surface area contributed by atoms with E-state index in [0.29, 0.717) is 61.5 Å². The summed E-state index contributed by atoms with van der Waals surface area (Å²) in [5.74, 6) is 1.35. The molecule has 4 heterocycles. The molecule has 11 nitrogen and oxygen atoms in total. The van der Waals surface area contributed by atoms with Crippen molar-refractivity contribution in [3.05, 3.63) is 23.0 Å². The summed E-state index contributed by atoms with van der Waals surface area (Å²) >= 11 is 11.8. The zero-order chi connectivity index (χ0) is 28.9. The molecule has 43 heavy (non-hydrogen) atoms. The van der Waals surface area contributed by atoms with Crippen LogP contribution in [0.3, 0.4) is 0 Å². The van der Waals surface area contributed by atoms with Crippen LogP contribution in [0.1, 0.15) is 59.8 Å². The van der Waals surface area contributed by atoms with Crippen LogP contribution in [0, 0.1) is 0 Å². The van der Waals surface area contributed by atoms with E-state index < -0.39 is 6.17 Å². The van der Waals surface area contributed by atoms with Crippen molar-refractivity contribution in [2.45, 2.75) is 96.2 Å². The van der Waals surface area contributed by atoms with Gasteiger partial charge in [0.05, 0.1) is 18.5 Å². The number of aliphatic hydroxyl groups excluding tert-OH is 1. The monoisotopic (exact) mass is 712 g/mol. The van der Waals surface area contributed by atoms with Gasteiger partial charge in [0.1, 0.15) is 29.6 Å². The average Bonchev–Trinajstić information content (AvgIpc) is 2.89. The second kappa shape index (κ2) is 15.1. The number of rotatable bonds is 4. The summed E-state index contributed by atoms with van der Waals surface area (Å²) in [4.78, 5) is 48.5. The summed E-state index contributed by atoms with van der Waals surface area (Å²) < 4.78 is 13.2. The molecule has 2 radical (unpaired) electrons. The molecular formula is C27H37Cl2FN8O3V2. The topological polar surface area (TPSA) is 119 Å². The van der Waals surface area contributed by atoms with Crippen LogP contribution in [0.4, 0.5) is 27.4 Å². The molecule has 2 atom stereocenters. The van der Waals surface area contributed by atoms with Gasteiger partial charge in [0.15, 0.2) is 11.6 Å². The molecule has 6 rings (SSSR count). The van der Waals surface area contributed by atoms with Crippen LogP contribution in [-0.2, 0) is 46.7 Å². The van der Waals surface area contributed by atoms with Crippen LogP contribution in [0.2, 0.25) is 10.6 Å². The van der Waals surface area contributed by atoms with Crippen LogP contribution in [-0.4, -0.2) is 87.4 Å². The molecule has 2 saturated carbocycles. The van der Waals surface area contributed by atoms with E-state index in [2.05, 4.69) is 19.9 Å². The van der Waals surface area contributed by atoms with Gasteiger partial charge >= 0.3 is 0 Å². The summed E-state index contributed by atoms with van der Waals surface area (Å²) in [6.07, 6.45) is 5.60. The number of alkyl halides is 1. The average molecular weight is 713 g/mol. The van der Waals surface area contributed by atoms with E-state index in [1.54, 1.807) is 36.3 Å². The standard InChI is InChI=1S/C13H16ClFN4O.C13H17ClN4O2.CH4.2V/c1-3-9-12(20)18(2)10-6-16-13(14)17-11(10)19(9)8-4-7(15)5-8;1-3-9-12(20)17(2)10-6-15-13(14)16-11(10)18(9)7-4-8(19)5-7;;;/h6-9H,3-5H2,1-2H3;6-9,19H,3-5H2,1-2H3;1H4;;/t2*7?,8?,9-;;;/m11.../s1. The fourth-order valence-corrected chi connectivity index (χ4v) is 6.15. The summed E-state index contributed by atoms with van der Waals surface area (Å²) in [5, 5.41) is 9.86. The first-order valence-electron chi connectivity index (χ1n) is 13.5. The molecule has 4 aliphatic rings. The molecule has 0 bridgehead atoms. The molecule has 16 heteroatoms. The van der Waals surface area contributed by atoms with Crippen LogP contribution < -0.4 is 19.6 Å². The SMILES string of the molecule is C.CC[C@@H]1C(=O)N(C)c2cnc(Cl)nc2N1C1CC(F)C1.CC[C@@H]1C(=O)N(C)c2cnc(Cl)nc2N1C1CC(O)C1.[V].[V]. The van der Waals surface area contributed by atoms with Crippen LogP contribution in [0.5, 0.6) is 0 Å². The van der Waals surface area contributed by atoms with Gasteiger partial charge in [-0.05, 0) is 61.7 Å². The van der Waals surface area contributed by atoms with Gasteiger partial charge in [0.2, 0.25) is 22.4 Å². The Morgan fingerprint density at radius 2 is 1.19 bits per heavy atom. The number of hydrogen-bond donors (Lipinski definition) is 1. The Morgan fingerprint density at radius 3 is 1.51 bits per heavy atom. The number of carbonyl (C=O) groups is 2. The van der Waals surface area contributed by atoms with E-state index in [1.165, 1.54) is 0 Å². The van der Waals surface area contributed by atoms with Crippen LogP contribution >= 0.6 is 23.2 Å². The zero-order valence-corrected chi connectivity index (χ0v) is 28.0. The van der Waals surface area contributed by atoms with Crippen LogP contribution in [0.15, 0.2) is 12.4 Å². The molecule has 234 valence electrons. The largest absolute Gasteiger partial charge is 0.393 e. The predicted octanol–water partition coefficient (Wildman–Crippen LogP) is 4.04. The Balaban J connectivity index is 0.000000281. The van der Waals surface area contributed by atoms with Crippen LogP contribution in [0.25, 0.3) is 0 Å². The third-order valence-electron chi connectivity index (χ3n) is 8.26. The van der Waals surface area contributed by atoms with E-state index in [-0.39, 0.29) is 97.2 Å². The zero-order valence-electron chi connectivity index (χ0n) is 23.7. The third-order valence-corrected chi connectivity index (χ3v) is 8.62. The quantitative estimate of drug-likeness (QED) is 0.469. The molecule has 2 fully saturated rings. The number of aliphatic hydroxyl groups is 1. The van der Waals surface area contributed by atoms with Crippen molar-refractivity contribution >= 4 is 58.0 Å². The third kappa shape index (κ3) is 6.95. The van der Waals surface area contributed by atoms with Gasteiger partial charge in [0.25, 0.3) is 0 Å². The molecule has 2 aromatic heterocycles. The van der Waals surface area contributed by atoms with Crippen molar-refractivity contribution in [3.63, 3.8) is 0 Å². The number of carbonyl (C=O) groups excluding carboxylic acids is 2. The summed E-state index contributed by atoms with van der Waals surface area (Å²) in [7, 11) is 3.44. The van der Waals surface area contributed by atoms with Crippen molar-refractivity contribution < 1.29 is 56.2 Å². The predicted molar refractivity (Wildman–Crippen MR) is 158 cm³/mol. The molecule has 1 N–H and O–H groups in total. The van der Waals surface area contributed by atoms with E-state index in [4.69, 9.17) is 23.2 Å². The van der Waals surface area contributed by atoms with Crippen molar-refractivity contribution in [2.24, 2.45) is 0 Å². The summed E-state index contributed by atoms with van der Waals surface area (Å²) in [5.41, 5.74) is 1.30. The molecule has 2 amide bonds. The minimum atomic E-state index is -0.784. The van der Waals surface area contributed by atoms with E-state index in [0.717, 1.165) is 0 Å². The molecule has 0 aromatic carbocycles. The smallest absolute Gasteiger partial charge is 0.249 e. The maximum Gasteiger partial charge on any atom is 0.249 e. The number of anilines is 4. The second-order valence-corrected chi connectivity index (χ2v) is 11.3. The van der Waals surface area contributed by atoms with Gasteiger partial charge in [0, 0.05) is 63.3 Å². The van der Waals surface area contributed by atoms with Crippen molar-refractivity contribution in [3.8, 4) is 0 Å². The molecule has 0 spiro atoms. The fraction of sp³-hybridized carbons (Fsp3) is 0.630. The van der Waals surface area contributed by atoms with Gasteiger partial charge in [-0.1, -0.05) is 21.3 Å². The normalized spacial score (nSPS) is 27.2. The molecule has 0 unspecified atom stereocenters. The maximum absolute atomic E-state index is 13.2. The van der Waals surface area contributed by atoms with Crippen molar-refractivity contribution in [1.82, 2.24) is 19.9 Å². The minimum absolute atomic E-state index is 0. The Hall–Kier alpha value is -1.66. The fourth-order valence-electron chi connectivity index (χ4n) is 5.89. The number of nitrogens with zero attached hydrogens (tertiary/aromatic N) is 8. The number of likely N-dealkylation sites (N-methyl/N-ethyl adjacent to an activating group) is 2. The van der Waals surface area contributed by atoms with Gasteiger partial charge in [-0.25, -0.2) is 14.4 Å². The Kier molecular flexibility index (Phi) is 13.2. The molecule has 2 aliphatic heterocycles. The number of amides is 2. The van der Waals surface area contributed by atoms with Gasteiger partial charge in [-0.15, -0.1) is 0 Å². The van der Waals surface area contributed by atoms with Gasteiger partial charge in [-0.3, -0.25) is 9.59 Å². The maximum atomic E-state index is 13.2. The molecule has 2 aromatic rings. The number of aromatic nitrogens is 4. The van der Waals surface area contributed by atoms with E-state index >= 15 is 0 Å². The van der Waals surface area contributed by atoms with Crippen molar-refractivity contribution in [1.29, 1.82) is 0 Å². The second-order valence-electron chi connectivity index (χ2n) is 10.7. The van der Waals surface area contributed by atoms with Crippen molar-refractivity contribution in [2.75, 3.05) is 33.7 Å². The molecule has 0 saturated heterocycles. The first kappa shape index (κ1) is 37.5. The Labute approximate surface area is 285 Å². The summed E-state index contributed by atoms with van der Waals surface area (Å²) in [6.45, 7) is 3.93. The van der Waals surface area contributed by atoms with E-state index in [1.807, 2.05) is 23.6 Å². The first-order chi connectivity index (χ1) is 19.0. The number of hydrogen-bond acceptors (Lipinski definition) is 9. The molecule has 2 aliphatic carbocycles. The Morgan fingerprint density at radius 1 is 0.814 bits per heavy atom. The number of fused-ring (bicyclic) bond motifs is 2. The summed E-state index contributed by atoms with van der Waals surface area (Å²) in [6, 6.07) is -0.415. The minimum Gasteiger partial charge on any atom is -0.393 e. The first-order valence-corrected chi connectivity index (χ1v) is 14.3. The number of halogens is 3. The molecular weight excluding hydrogens is 676 g/mol. The van der Waals surface area contributed by atoms with E-state index in [9.17, 15) is 19.1 Å². The Bertz CT molecular complexity index is 1210. The van der Waals surface area contributed by atoms with Gasteiger partial charge < -0.3 is 24.7 Å². The van der Waals surface area contributed by atoms with Gasteiger partial charge in [-0.2, -0.15) is 9.97 Å².